The molecule has 0 saturated carbocycles. The first-order valence-corrected chi connectivity index (χ1v) is 6.64. The molecule has 2 atom stereocenters. The minimum atomic E-state index is -0.994. The van der Waals surface area contributed by atoms with Crippen molar-refractivity contribution < 1.29 is 19.1 Å². The molecular formula is C12H12BrFN2O3. The molecule has 2 aliphatic rings. The Hall–Kier alpha value is -1.18. The largest absolute Gasteiger partial charge is 0.465 e. The van der Waals surface area contributed by atoms with Crippen LogP contribution < -0.4 is 5.48 Å². The van der Waals surface area contributed by atoms with Crippen LogP contribution in [-0.4, -0.2) is 35.8 Å². The zero-order chi connectivity index (χ0) is 13.6. The van der Waals surface area contributed by atoms with Gasteiger partial charge in [-0.15, -0.1) is 0 Å². The average molecular weight is 331 g/mol. The van der Waals surface area contributed by atoms with Crippen molar-refractivity contribution in [1.29, 1.82) is 0 Å². The number of benzene rings is 1. The van der Waals surface area contributed by atoms with Crippen LogP contribution in [0.4, 0.5) is 9.18 Å². The van der Waals surface area contributed by atoms with Gasteiger partial charge in [0.1, 0.15) is 5.82 Å². The van der Waals surface area contributed by atoms with E-state index in [0.717, 1.165) is 4.47 Å². The molecular weight excluding hydrogens is 319 g/mol. The lowest BCUT2D eigenvalue weighted by Gasteiger charge is -2.28. The summed E-state index contributed by atoms with van der Waals surface area (Å²) in [5.74, 6) is -0.453. The molecule has 2 fully saturated rings. The molecule has 1 amide bonds. The van der Waals surface area contributed by atoms with Crippen molar-refractivity contribution in [1.82, 2.24) is 10.4 Å². The molecule has 1 aromatic carbocycles. The fourth-order valence-corrected chi connectivity index (χ4v) is 3.20. The van der Waals surface area contributed by atoms with E-state index in [1.807, 2.05) is 0 Å². The van der Waals surface area contributed by atoms with Crippen molar-refractivity contribution in [2.24, 2.45) is 5.92 Å². The highest BCUT2D eigenvalue weighted by molar-refractivity contribution is 9.10. The quantitative estimate of drug-likeness (QED) is 0.826. The fraction of sp³-hybridized carbons (Fsp3) is 0.417. The summed E-state index contributed by atoms with van der Waals surface area (Å²) in [6.45, 7) is 0.893. The van der Waals surface area contributed by atoms with E-state index < -0.39 is 11.6 Å². The highest BCUT2D eigenvalue weighted by atomic mass is 79.9. The summed E-state index contributed by atoms with van der Waals surface area (Å²) in [5.41, 5.74) is 2.47. The van der Waals surface area contributed by atoms with E-state index in [-0.39, 0.29) is 18.3 Å². The Morgan fingerprint density at radius 2 is 2.42 bits per heavy atom. The van der Waals surface area contributed by atoms with Gasteiger partial charge in [-0.2, -0.15) is 5.48 Å². The minimum Gasteiger partial charge on any atom is -0.465 e. The lowest BCUT2D eigenvalue weighted by Crippen LogP contribution is -2.44. The van der Waals surface area contributed by atoms with E-state index in [9.17, 15) is 9.18 Å². The van der Waals surface area contributed by atoms with Crippen LogP contribution in [0.1, 0.15) is 5.56 Å². The van der Waals surface area contributed by atoms with Crippen LogP contribution >= 0.6 is 15.9 Å². The van der Waals surface area contributed by atoms with E-state index >= 15 is 0 Å². The first-order valence-electron chi connectivity index (χ1n) is 5.85. The number of carbonyl (C=O) groups is 1. The first kappa shape index (κ1) is 12.8. The highest BCUT2D eigenvalue weighted by Gasteiger charge is 2.54. The van der Waals surface area contributed by atoms with E-state index in [4.69, 9.17) is 9.94 Å². The number of nitrogens with zero attached hydrogens (tertiary/aromatic N) is 1. The molecule has 0 bridgehead atoms. The maximum absolute atomic E-state index is 14.1. The van der Waals surface area contributed by atoms with E-state index in [2.05, 4.69) is 21.4 Å². The summed E-state index contributed by atoms with van der Waals surface area (Å²) in [6, 6.07) is 4.66. The molecule has 5 nitrogen and oxygen atoms in total. The number of hydrogen-bond acceptors (Lipinski definition) is 3. The van der Waals surface area contributed by atoms with Crippen LogP contribution in [0.15, 0.2) is 22.7 Å². The summed E-state index contributed by atoms with van der Waals surface area (Å²) < 4.78 is 14.8. The van der Waals surface area contributed by atoms with Gasteiger partial charge in [-0.25, -0.2) is 9.18 Å². The van der Waals surface area contributed by atoms with Crippen molar-refractivity contribution >= 4 is 22.0 Å². The summed E-state index contributed by atoms with van der Waals surface area (Å²) >= 11 is 3.32. The summed E-state index contributed by atoms with van der Waals surface area (Å²) in [4.78, 5) is 17.6. The van der Waals surface area contributed by atoms with Crippen LogP contribution in [0.25, 0.3) is 0 Å². The number of fused-ring (bicyclic) bond motifs is 1. The molecule has 0 radical (unpaired) electrons. The molecule has 102 valence electrons. The van der Waals surface area contributed by atoms with Crippen LogP contribution in [-0.2, 0) is 10.4 Å². The SMILES string of the molecule is O=C(O)N1CC2CONC2(c2cc(Br)ccc2F)C1. The second-order valence-electron chi connectivity index (χ2n) is 4.87. The van der Waals surface area contributed by atoms with E-state index in [1.165, 1.54) is 11.0 Å². The molecule has 2 N–H and O–H groups in total. The monoisotopic (exact) mass is 330 g/mol. The summed E-state index contributed by atoms with van der Waals surface area (Å²) in [7, 11) is 0. The van der Waals surface area contributed by atoms with Crippen molar-refractivity contribution in [3.05, 3.63) is 34.1 Å². The molecule has 0 aliphatic carbocycles. The zero-order valence-corrected chi connectivity index (χ0v) is 11.5. The highest BCUT2D eigenvalue weighted by Crippen LogP contribution is 2.42. The Morgan fingerprint density at radius 1 is 1.63 bits per heavy atom. The summed E-state index contributed by atoms with van der Waals surface area (Å²) in [5, 5.41) is 9.11. The predicted octanol–water partition coefficient (Wildman–Crippen LogP) is 1.93. The maximum Gasteiger partial charge on any atom is 0.407 e. The van der Waals surface area contributed by atoms with Gasteiger partial charge in [0, 0.05) is 29.0 Å². The van der Waals surface area contributed by atoms with Gasteiger partial charge in [0.2, 0.25) is 0 Å². The van der Waals surface area contributed by atoms with Crippen molar-refractivity contribution in [2.75, 3.05) is 19.7 Å². The molecule has 2 heterocycles. The predicted molar refractivity (Wildman–Crippen MR) is 68.0 cm³/mol. The Balaban J connectivity index is 2.05. The van der Waals surface area contributed by atoms with Gasteiger partial charge in [0.05, 0.1) is 12.1 Å². The Bertz CT molecular complexity index is 542. The van der Waals surface area contributed by atoms with Crippen molar-refractivity contribution in [3.8, 4) is 0 Å². The molecule has 2 saturated heterocycles. The molecule has 19 heavy (non-hydrogen) atoms. The third-order valence-corrected chi connectivity index (χ3v) is 4.29. The number of amides is 1. The molecule has 7 heteroatoms. The fourth-order valence-electron chi connectivity index (χ4n) is 2.84. The average Bonchev–Trinajstić information content (AvgIpc) is 2.89. The lowest BCUT2D eigenvalue weighted by atomic mass is 9.82. The van der Waals surface area contributed by atoms with Crippen LogP contribution in [0.5, 0.6) is 0 Å². The third kappa shape index (κ3) is 1.92. The number of carboxylic acid groups (broad SMARTS) is 1. The second-order valence-corrected chi connectivity index (χ2v) is 5.78. The van der Waals surface area contributed by atoms with Crippen LogP contribution in [0, 0.1) is 11.7 Å². The molecule has 2 aliphatic heterocycles. The van der Waals surface area contributed by atoms with Gasteiger partial charge in [-0.3, -0.25) is 0 Å². The lowest BCUT2D eigenvalue weighted by molar-refractivity contribution is 0.0468. The smallest absolute Gasteiger partial charge is 0.407 e. The minimum absolute atomic E-state index is 0.0904. The van der Waals surface area contributed by atoms with Gasteiger partial charge in [-0.1, -0.05) is 15.9 Å². The topological polar surface area (TPSA) is 61.8 Å². The molecule has 3 rings (SSSR count). The van der Waals surface area contributed by atoms with Crippen molar-refractivity contribution in [2.45, 2.75) is 5.54 Å². The number of likely N-dealkylation sites (tertiary alicyclic amines) is 1. The van der Waals surface area contributed by atoms with Crippen LogP contribution in [0.3, 0.4) is 0 Å². The van der Waals surface area contributed by atoms with E-state index in [0.29, 0.717) is 18.7 Å². The Labute approximate surface area is 117 Å². The van der Waals surface area contributed by atoms with Gasteiger partial charge in [0.15, 0.2) is 0 Å². The van der Waals surface area contributed by atoms with Gasteiger partial charge in [0.25, 0.3) is 0 Å². The zero-order valence-electron chi connectivity index (χ0n) is 9.90. The normalized spacial score (nSPS) is 29.6. The Morgan fingerprint density at radius 3 is 3.16 bits per heavy atom. The summed E-state index contributed by atoms with van der Waals surface area (Å²) in [6.07, 6.45) is -0.994. The Kier molecular flexibility index (Phi) is 2.99. The maximum atomic E-state index is 14.1. The number of nitrogens with one attached hydrogen (secondary N) is 1. The molecule has 0 aromatic heterocycles. The van der Waals surface area contributed by atoms with Gasteiger partial charge >= 0.3 is 6.09 Å². The van der Waals surface area contributed by atoms with E-state index in [1.54, 1.807) is 12.1 Å². The molecule has 1 aromatic rings. The third-order valence-electron chi connectivity index (χ3n) is 3.80. The van der Waals surface area contributed by atoms with Crippen LogP contribution in [0.2, 0.25) is 0 Å². The van der Waals surface area contributed by atoms with Gasteiger partial charge < -0.3 is 14.8 Å². The standard InChI is InChI=1S/C12H12BrFN2O3/c13-8-1-2-10(14)9(3-8)12-6-16(11(17)18)4-7(12)5-19-15-12/h1-3,7,15H,4-6H2,(H,17,18). The number of rotatable bonds is 1. The molecule has 2 unspecified atom stereocenters. The number of hydrogen-bond donors (Lipinski definition) is 2. The van der Waals surface area contributed by atoms with Crippen molar-refractivity contribution in [3.63, 3.8) is 0 Å². The van der Waals surface area contributed by atoms with Gasteiger partial charge in [-0.05, 0) is 18.2 Å². The first-order chi connectivity index (χ1) is 9.03. The molecule has 0 spiro atoms. The second kappa shape index (κ2) is 4.43. The number of hydroxylamine groups is 1. The number of halogens is 2.